The van der Waals surface area contributed by atoms with Crippen LogP contribution in [0.2, 0.25) is 0 Å². The standard InChI is InChI=1S/C20H27NO4/c22-18(21-20(19(23)24)12-3-4-13-20)11-10-15-6-5-9-17(14-15)25-16-7-1-2-8-16/h5-6,9,14,16H,1-4,7-8,10-13H2,(H,21,22)(H,23,24). The SMILES string of the molecule is O=C(CCc1cccc(OC2CCCC2)c1)NC1(C(=O)O)CCCC1. The summed E-state index contributed by atoms with van der Waals surface area (Å²) in [5.41, 5.74) is -0.00807. The van der Waals surface area contributed by atoms with E-state index in [2.05, 4.69) is 5.32 Å². The molecule has 25 heavy (non-hydrogen) atoms. The van der Waals surface area contributed by atoms with Gasteiger partial charge in [0.05, 0.1) is 6.10 Å². The number of carbonyl (C=O) groups is 2. The number of carboxylic acid groups (broad SMARTS) is 1. The maximum atomic E-state index is 12.2. The van der Waals surface area contributed by atoms with Crippen LogP contribution in [-0.4, -0.2) is 28.6 Å². The molecule has 0 bridgehead atoms. The fourth-order valence-corrected chi connectivity index (χ4v) is 3.93. The Balaban J connectivity index is 1.52. The highest BCUT2D eigenvalue weighted by atomic mass is 16.5. The second-order valence-electron chi connectivity index (χ2n) is 7.31. The van der Waals surface area contributed by atoms with Gasteiger partial charge in [-0.1, -0.05) is 25.0 Å². The molecule has 0 saturated heterocycles. The van der Waals surface area contributed by atoms with Crippen molar-refractivity contribution in [3.63, 3.8) is 0 Å². The first-order chi connectivity index (χ1) is 12.1. The molecule has 0 heterocycles. The third kappa shape index (κ3) is 4.53. The molecule has 2 aliphatic rings. The van der Waals surface area contributed by atoms with Gasteiger partial charge in [-0.2, -0.15) is 0 Å². The summed E-state index contributed by atoms with van der Waals surface area (Å²) >= 11 is 0. The van der Waals surface area contributed by atoms with Gasteiger partial charge in [0.1, 0.15) is 11.3 Å². The average Bonchev–Trinajstić information content (AvgIpc) is 3.26. The van der Waals surface area contributed by atoms with Crippen LogP contribution >= 0.6 is 0 Å². The van der Waals surface area contributed by atoms with Crippen LogP contribution in [0.4, 0.5) is 0 Å². The fourth-order valence-electron chi connectivity index (χ4n) is 3.93. The summed E-state index contributed by atoms with van der Waals surface area (Å²) in [4.78, 5) is 23.8. The van der Waals surface area contributed by atoms with Crippen LogP contribution in [0.3, 0.4) is 0 Å². The van der Waals surface area contributed by atoms with Crippen LogP contribution in [0.5, 0.6) is 5.75 Å². The summed E-state index contributed by atoms with van der Waals surface area (Å²) in [6, 6.07) is 7.89. The summed E-state index contributed by atoms with van der Waals surface area (Å²) in [6.45, 7) is 0. The average molecular weight is 345 g/mol. The lowest BCUT2D eigenvalue weighted by atomic mass is 9.97. The van der Waals surface area contributed by atoms with Gasteiger partial charge in [0, 0.05) is 6.42 Å². The molecule has 1 aromatic rings. The van der Waals surface area contributed by atoms with Gasteiger partial charge in [0.15, 0.2) is 0 Å². The van der Waals surface area contributed by atoms with E-state index >= 15 is 0 Å². The number of benzene rings is 1. The Bertz CT molecular complexity index is 616. The molecule has 2 N–H and O–H groups in total. The third-order valence-corrected chi connectivity index (χ3v) is 5.39. The maximum absolute atomic E-state index is 12.2. The van der Waals surface area contributed by atoms with Crippen molar-refractivity contribution in [2.24, 2.45) is 0 Å². The van der Waals surface area contributed by atoms with E-state index in [4.69, 9.17) is 4.74 Å². The molecule has 5 heteroatoms. The van der Waals surface area contributed by atoms with Gasteiger partial charge in [-0.15, -0.1) is 0 Å². The number of amides is 1. The molecule has 0 aromatic heterocycles. The van der Waals surface area contributed by atoms with Gasteiger partial charge >= 0.3 is 5.97 Å². The van der Waals surface area contributed by atoms with Crippen molar-refractivity contribution in [1.82, 2.24) is 5.32 Å². The monoisotopic (exact) mass is 345 g/mol. The fraction of sp³-hybridized carbons (Fsp3) is 0.600. The summed E-state index contributed by atoms with van der Waals surface area (Å²) < 4.78 is 6.00. The molecule has 2 saturated carbocycles. The van der Waals surface area contributed by atoms with Crippen molar-refractivity contribution < 1.29 is 19.4 Å². The quantitative estimate of drug-likeness (QED) is 0.793. The molecule has 0 atom stereocenters. The molecule has 3 rings (SSSR count). The topological polar surface area (TPSA) is 75.6 Å². The maximum Gasteiger partial charge on any atom is 0.329 e. The van der Waals surface area contributed by atoms with E-state index in [0.29, 0.717) is 31.8 Å². The number of hydrogen-bond acceptors (Lipinski definition) is 3. The first-order valence-electron chi connectivity index (χ1n) is 9.37. The van der Waals surface area contributed by atoms with E-state index in [1.165, 1.54) is 12.8 Å². The van der Waals surface area contributed by atoms with Gasteiger partial charge in [-0.25, -0.2) is 4.79 Å². The molecule has 136 valence electrons. The van der Waals surface area contributed by atoms with Gasteiger partial charge in [-0.05, 0) is 62.6 Å². The Labute approximate surface area is 148 Å². The lowest BCUT2D eigenvalue weighted by Gasteiger charge is -2.25. The highest BCUT2D eigenvalue weighted by Gasteiger charge is 2.42. The van der Waals surface area contributed by atoms with Gasteiger partial charge in [-0.3, -0.25) is 4.79 Å². The molecular weight excluding hydrogens is 318 g/mol. The largest absolute Gasteiger partial charge is 0.490 e. The number of nitrogens with one attached hydrogen (secondary N) is 1. The minimum atomic E-state index is -1.05. The third-order valence-electron chi connectivity index (χ3n) is 5.39. The summed E-state index contributed by atoms with van der Waals surface area (Å²) in [5.74, 6) is -0.237. The van der Waals surface area contributed by atoms with Gasteiger partial charge < -0.3 is 15.2 Å². The molecule has 1 aromatic carbocycles. The second-order valence-corrected chi connectivity index (χ2v) is 7.31. The van der Waals surface area contributed by atoms with Crippen molar-refractivity contribution in [2.75, 3.05) is 0 Å². The van der Waals surface area contributed by atoms with E-state index in [1.807, 2.05) is 24.3 Å². The van der Waals surface area contributed by atoms with Crippen LogP contribution in [0, 0.1) is 0 Å². The van der Waals surface area contributed by atoms with Crippen LogP contribution in [0.1, 0.15) is 63.4 Å². The molecule has 0 unspecified atom stereocenters. The van der Waals surface area contributed by atoms with Crippen molar-refractivity contribution in [2.45, 2.75) is 75.9 Å². The first kappa shape index (κ1) is 17.8. The predicted molar refractivity (Wildman–Crippen MR) is 94.6 cm³/mol. The molecule has 1 amide bonds. The minimum Gasteiger partial charge on any atom is -0.490 e. The zero-order valence-electron chi connectivity index (χ0n) is 14.6. The van der Waals surface area contributed by atoms with E-state index < -0.39 is 11.5 Å². The van der Waals surface area contributed by atoms with E-state index in [0.717, 1.165) is 37.0 Å². The number of ether oxygens (including phenoxy) is 1. The number of carbonyl (C=O) groups excluding carboxylic acids is 1. The number of aliphatic carboxylic acids is 1. The Morgan fingerprint density at radius 3 is 2.56 bits per heavy atom. The zero-order valence-corrected chi connectivity index (χ0v) is 14.6. The van der Waals surface area contributed by atoms with Crippen LogP contribution in [0.15, 0.2) is 24.3 Å². The van der Waals surface area contributed by atoms with Crippen LogP contribution < -0.4 is 10.1 Å². The molecule has 2 fully saturated rings. The van der Waals surface area contributed by atoms with E-state index in [9.17, 15) is 14.7 Å². The zero-order chi connectivity index (χ0) is 17.7. The van der Waals surface area contributed by atoms with Crippen molar-refractivity contribution in [3.05, 3.63) is 29.8 Å². The van der Waals surface area contributed by atoms with Crippen LogP contribution in [-0.2, 0) is 16.0 Å². The summed E-state index contributed by atoms with van der Waals surface area (Å²) in [5, 5.41) is 12.2. The summed E-state index contributed by atoms with van der Waals surface area (Å²) in [6.07, 6.45) is 8.65. The molecule has 2 aliphatic carbocycles. The Morgan fingerprint density at radius 1 is 1.16 bits per heavy atom. The molecule has 5 nitrogen and oxygen atoms in total. The second kappa shape index (κ2) is 7.89. The smallest absolute Gasteiger partial charge is 0.329 e. The number of rotatable bonds is 7. The number of hydrogen-bond donors (Lipinski definition) is 2. The van der Waals surface area contributed by atoms with Gasteiger partial charge in [0.25, 0.3) is 0 Å². The van der Waals surface area contributed by atoms with E-state index in [-0.39, 0.29) is 5.91 Å². The van der Waals surface area contributed by atoms with E-state index in [1.54, 1.807) is 0 Å². The minimum absolute atomic E-state index is 0.189. The van der Waals surface area contributed by atoms with Crippen molar-refractivity contribution in [3.8, 4) is 5.75 Å². The predicted octanol–water partition coefficient (Wildman–Crippen LogP) is 3.45. The number of carboxylic acids is 1. The Morgan fingerprint density at radius 2 is 1.88 bits per heavy atom. The summed E-state index contributed by atoms with van der Waals surface area (Å²) in [7, 11) is 0. The van der Waals surface area contributed by atoms with Crippen molar-refractivity contribution in [1.29, 1.82) is 0 Å². The number of aryl methyl sites for hydroxylation is 1. The Kier molecular flexibility index (Phi) is 5.61. The highest BCUT2D eigenvalue weighted by Crippen LogP contribution is 2.30. The molecule has 0 aliphatic heterocycles. The molecular formula is C20H27NO4. The molecule has 0 radical (unpaired) electrons. The molecule has 0 spiro atoms. The van der Waals surface area contributed by atoms with Crippen LogP contribution in [0.25, 0.3) is 0 Å². The highest BCUT2D eigenvalue weighted by molar-refractivity contribution is 5.87. The normalized spacial score (nSPS) is 19.7. The lowest BCUT2D eigenvalue weighted by molar-refractivity contribution is -0.147. The first-order valence-corrected chi connectivity index (χ1v) is 9.37. The lowest BCUT2D eigenvalue weighted by Crippen LogP contribution is -2.52. The Hall–Kier alpha value is -2.04. The van der Waals surface area contributed by atoms with Gasteiger partial charge in [0.2, 0.25) is 5.91 Å². The van der Waals surface area contributed by atoms with Crippen molar-refractivity contribution >= 4 is 11.9 Å².